The van der Waals surface area contributed by atoms with Crippen LogP contribution in [-0.4, -0.2) is 42.4 Å². The Kier molecular flexibility index (Phi) is 5.52. The number of nitrogens with zero attached hydrogens (tertiary/aromatic N) is 1. The van der Waals surface area contributed by atoms with E-state index in [-0.39, 0.29) is 19.0 Å². The molecule has 0 aliphatic heterocycles. The maximum absolute atomic E-state index is 13.4. The van der Waals surface area contributed by atoms with Gasteiger partial charge in [0.1, 0.15) is 5.82 Å². The lowest BCUT2D eigenvalue weighted by Crippen LogP contribution is -2.38. The average molecular weight is 281 g/mol. The monoisotopic (exact) mass is 281 g/mol. The molecule has 2 unspecified atom stereocenters. The highest BCUT2D eigenvalue weighted by atomic mass is 19.1. The lowest BCUT2D eigenvalue weighted by atomic mass is 10.2. The third-order valence-corrected chi connectivity index (χ3v) is 4.02. The minimum atomic E-state index is -0.534. The van der Waals surface area contributed by atoms with E-state index in [1.807, 2.05) is 7.05 Å². The lowest BCUT2D eigenvalue weighted by molar-refractivity contribution is 0.00659. The van der Waals surface area contributed by atoms with Crippen molar-refractivity contribution in [2.24, 2.45) is 5.92 Å². The van der Waals surface area contributed by atoms with E-state index in [1.165, 1.54) is 18.9 Å². The molecule has 1 aromatic rings. The van der Waals surface area contributed by atoms with E-state index in [4.69, 9.17) is 4.74 Å². The molecule has 1 N–H and O–H groups in total. The first kappa shape index (κ1) is 15.4. The normalized spacial score (nSPS) is 18.2. The van der Waals surface area contributed by atoms with Gasteiger partial charge in [-0.25, -0.2) is 4.39 Å². The van der Waals surface area contributed by atoms with Crippen molar-refractivity contribution in [3.05, 3.63) is 35.6 Å². The molecule has 0 amide bonds. The van der Waals surface area contributed by atoms with E-state index in [1.54, 1.807) is 18.2 Å². The van der Waals surface area contributed by atoms with Gasteiger partial charge in [0, 0.05) is 18.2 Å². The Balaban J connectivity index is 1.67. The van der Waals surface area contributed by atoms with E-state index < -0.39 is 6.10 Å². The van der Waals surface area contributed by atoms with Crippen LogP contribution in [0.25, 0.3) is 0 Å². The number of rotatable bonds is 8. The highest BCUT2D eigenvalue weighted by Crippen LogP contribution is 2.34. The first-order chi connectivity index (χ1) is 9.58. The van der Waals surface area contributed by atoms with Crippen molar-refractivity contribution in [2.45, 2.75) is 38.5 Å². The molecule has 0 aromatic heterocycles. The number of hydrogen-bond acceptors (Lipinski definition) is 3. The molecule has 2 atom stereocenters. The van der Waals surface area contributed by atoms with Crippen molar-refractivity contribution in [1.82, 2.24) is 4.90 Å². The molecule has 0 radical (unpaired) electrons. The van der Waals surface area contributed by atoms with Crippen molar-refractivity contribution in [3.63, 3.8) is 0 Å². The summed E-state index contributed by atoms with van der Waals surface area (Å²) < 4.78 is 18.8. The van der Waals surface area contributed by atoms with Crippen LogP contribution in [0.4, 0.5) is 4.39 Å². The zero-order chi connectivity index (χ0) is 14.5. The molecule has 2 rings (SSSR count). The number of hydrogen-bond donors (Lipinski definition) is 1. The molecule has 1 aromatic carbocycles. The molecule has 4 heteroatoms. The second-order valence-electron chi connectivity index (χ2n) is 5.78. The quantitative estimate of drug-likeness (QED) is 0.794. The van der Waals surface area contributed by atoms with Gasteiger partial charge in [-0.05, 0) is 38.8 Å². The molecule has 0 bridgehead atoms. The summed E-state index contributed by atoms with van der Waals surface area (Å²) in [6.07, 6.45) is 2.06. The maximum atomic E-state index is 13.4. The Morgan fingerprint density at radius 1 is 1.40 bits per heavy atom. The minimum Gasteiger partial charge on any atom is -0.389 e. The fourth-order valence-corrected chi connectivity index (χ4v) is 2.41. The molecular formula is C16H24FNO2. The summed E-state index contributed by atoms with van der Waals surface area (Å²) in [5.41, 5.74) is 0.527. The van der Waals surface area contributed by atoms with Crippen molar-refractivity contribution in [1.29, 1.82) is 0 Å². The molecular weight excluding hydrogens is 257 g/mol. The fourth-order valence-electron chi connectivity index (χ4n) is 2.41. The van der Waals surface area contributed by atoms with Crippen LogP contribution >= 0.6 is 0 Å². The zero-order valence-corrected chi connectivity index (χ0v) is 12.3. The van der Waals surface area contributed by atoms with Gasteiger partial charge in [0.05, 0.1) is 19.3 Å². The standard InChI is InChI=1S/C16H24FNO2/c1-12(13-7-8-13)18(2)9-15(19)11-20-10-14-5-3-4-6-16(14)17/h3-6,12-13,15,19H,7-11H2,1-2H3. The summed E-state index contributed by atoms with van der Waals surface area (Å²) >= 11 is 0. The van der Waals surface area contributed by atoms with Crippen LogP contribution in [0.3, 0.4) is 0 Å². The summed E-state index contributed by atoms with van der Waals surface area (Å²) in [5.74, 6) is 0.521. The molecule has 112 valence electrons. The minimum absolute atomic E-state index is 0.200. The van der Waals surface area contributed by atoms with E-state index in [9.17, 15) is 9.50 Å². The largest absolute Gasteiger partial charge is 0.389 e. The number of aliphatic hydroxyl groups excluding tert-OH is 1. The summed E-state index contributed by atoms with van der Waals surface area (Å²) in [6, 6.07) is 7.06. The van der Waals surface area contributed by atoms with Crippen molar-refractivity contribution >= 4 is 0 Å². The third-order valence-electron chi connectivity index (χ3n) is 4.02. The molecule has 1 saturated carbocycles. The Hall–Kier alpha value is -0.970. The number of benzene rings is 1. The van der Waals surface area contributed by atoms with Gasteiger partial charge >= 0.3 is 0 Å². The Labute approximate surface area is 120 Å². The molecule has 1 aliphatic carbocycles. The molecule has 3 nitrogen and oxygen atoms in total. The van der Waals surface area contributed by atoms with Crippen LogP contribution in [0.15, 0.2) is 24.3 Å². The van der Waals surface area contributed by atoms with Gasteiger partial charge in [-0.3, -0.25) is 0 Å². The van der Waals surface area contributed by atoms with Crippen molar-refractivity contribution in [3.8, 4) is 0 Å². The predicted octanol–water partition coefficient (Wildman–Crippen LogP) is 2.43. The Morgan fingerprint density at radius 3 is 2.75 bits per heavy atom. The fraction of sp³-hybridized carbons (Fsp3) is 0.625. The van der Waals surface area contributed by atoms with Crippen molar-refractivity contribution in [2.75, 3.05) is 20.2 Å². The summed E-state index contributed by atoms with van der Waals surface area (Å²) in [5, 5.41) is 9.96. The van der Waals surface area contributed by atoms with E-state index >= 15 is 0 Å². The number of likely N-dealkylation sites (N-methyl/N-ethyl adjacent to an activating group) is 1. The van der Waals surface area contributed by atoms with Crippen LogP contribution in [0.2, 0.25) is 0 Å². The summed E-state index contributed by atoms with van der Waals surface area (Å²) in [7, 11) is 2.03. The molecule has 1 fully saturated rings. The average Bonchev–Trinajstić information content (AvgIpc) is 3.24. The van der Waals surface area contributed by atoms with Gasteiger partial charge in [0.25, 0.3) is 0 Å². The number of halogens is 1. The zero-order valence-electron chi connectivity index (χ0n) is 12.3. The highest BCUT2D eigenvalue weighted by Gasteiger charge is 2.30. The van der Waals surface area contributed by atoms with Gasteiger partial charge in [0.2, 0.25) is 0 Å². The summed E-state index contributed by atoms with van der Waals surface area (Å²) in [4.78, 5) is 2.18. The molecule has 0 spiro atoms. The van der Waals surface area contributed by atoms with Crippen LogP contribution < -0.4 is 0 Å². The topological polar surface area (TPSA) is 32.7 Å². The maximum Gasteiger partial charge on any atom is 0.128 e. The van der Waals surface area contributed by atoms with Gasteiger partial charge in [-0.15, -0.1) is 0 Å². The Morgan fingerprint density at radius 2 is 2.10 bits per heavy atom. The van der Waals surface area contributed by atoms with Crippen molar-refractivity contribution < 1.29 is 14.2 Å². The second-order valence-corrected chi connectivity index (χ2v) is 5.78. The van der Waals surface area contributed by atoms with E-state index in [0.717, 1.165) is 5.92 Å². The molecule has 0 heterocycles. The van der Waals surface area contributed by atoms with Gasteiger partial charge in [-0.2, -0.15) is 0 Å². The highest BCUT2D eigenvalue weighted by molar-refractivity contribution is 5.16. The van der Waals surface area contributed by atoms with Gasteiger partial charge < -0.3 is 14.7 Å². The first-order valence-corrected chi connectivity index (χ1v) is 7.27. The summed E-state index contributed by atoms with van der Waals surface area (Å²) in [6.45, 7) is 3.22. The lowest BCUT2D eigenvalue weighted by Gasteiger charge is -2.26. The van der Waals surface area contributed by atoms with Crippen LogP contribution in [0, 0.1) is 11.7 Å². The predicted molar refractivity (Wildman–Crippen MR) is 76.9 cm³/mol. The molecule has 1 aliphatic rings. The smallest absolute Gasteiger partial charge is 0.128 e. The Bertz CT molecular complexity index is 423. The number of aliphatic hydroxyl groups is 1. The second kappa shape index (κ2) is 7.16. The van der Waals surface area contributed by atoms with E-state index in [0.29, 0.717) is 18.2 Å². The third kappa shape index (κ3) is 4.54. The molecule has 0 saturated heterocycles. The number of ether oxygens (including phenoxy) is 1. The first-order valence-electron chi connectivity index (χ1n) is 7.27. The van der Waals surface area contributed by atoms with Crippen LogP contribution in [-0.2, 0) is 11.3 Å². The van der Waals surface area contributed by atoms with Gasteiger partial charge in [0.15, 0.2) is 0 Å². The molecule has 20 heavy (non-hydrogen) atoms. The van der Waals surface area contributed by atoms with Crippen LogP contribution in [0.5, 0.6) is 0 Å². The van der Waals surface area contributed by atoms with Crippen LogP contribution in [0.1, 0.15) is 25.3 Å². The SMILES string of the molecule is CC(C1CC1)N(C)CC(O)COCc1ccccc1F. The van der Waals surface area contributed by atoms with E-state index in [2.05, 4.69) is 11.8 Å². The van der Waals surface area contributed by atoms with Gasteiger partial charge in [-0.1, -0.05) is 18.2 Å².